The molecule has 4 heteroatoms. The van der Waals surface area contributed by atoms with Crippen LogP contribution in [0.25, 0.3) is 10.8 Å². The van der Waals surface area contributed by atoms with Crippen molar-refractivity contribution < 1.29 is 19.1 Å². The second-order valence-electron chi connectivity index (χ2n) is 6.29. The third-order valence-corrected chi connectivity index (χ3v) is 4.34. The van der Waals surface area contributed by atoms with E-state index in [0.717, 1.165) is 35.8 Å². The molecule has 0 aliphatic heterocycles. The van der Waals surface area contributed by atoms with Crippen LogP contribution in [-0.2, 0) is 0 Å². The van der Waals surface area contributed by atoms with Crippen LogP contribution in [-0.4, -0.2) is 18.9 Å². The minimum absolute atomic E-state index is 0.285. The van der Waals surface area contributed by atoms with Crippen LogP contribution in [0.5, 0.6) is 11.5 Å². The Bertz CT molecular complexity index is 929. The summed E-state index contributed by atoms with van der Waals surface area (Å²) in [7, 11) is 0. The second kappa shape index (κ2) is 8.99. The Morgan fingerprint density at radius 1 is 0.963 bits per heavy atom. The highest BCUT2D eigenvalue weighted by molar-refractivity contribution is 6.00. The minimum Gasteiger partial charge on any atom is -0.494 e. The molecule has 0 N–H and O–H groups in total. The lowest BCUT2D eigenvalue weighted by atomic mass is 10.1. The predicted octanol–water partition coefficient (Wildman–Crippen LogP) is 5.44. The molecule has 0 unspecified atom stereocenters. The van der Waals surface area contributed by atoms with Gasteiger partial charge in [-0.05, 0) is 42.1 Å². The summed E-state index contributed by atoms with van der Waals surface area (Å²) in [6, 6.07) is 17.8. The Hall–Kier alpha value is -3.14. The number of carbonyl (C=O) groups excluding carboxylic acids is 2. The molecule has 3 aromatic rings. The standard InChI is InChI=1S/C23H22O4/c1-2-3-6-15-26-20-13-11-18(12-14-20)23(25)27-22-19(16-24)10-9-17-7-4-5-8-21(17)22/h4-5,7-14,16H,2-3,6,15H2,1H3. The van der Waals surface area contributed by atoms with Crippen LogP contribution in [0, 0.1) is 0 Å². The Labute approximate surface area is 158 Å². The van der Waals surface area contributed by atoms with E-state index >= 15 is 0 Å². The van der Waals surface area contributed by atoms with Crippen molar-refractivity contribution in [3.8, 4) is 11.5 Å². The molecular weight excluding hydrogens is 340 g/mol. The highest BCUT2D eigenvalue weighted by Crippen LogP contribution is 2.29. The summed E-state index contributed by atoms with van der Waals surface area (Å²) in [6.07, 6.45) is 3.98. The SMILES string of the molecule is CCCCCOc1ccc(C(=O)Oc2c(C=O)ccc3ccccc23)cc1. The van der Waals surface area contributed by atoms with Crippen LogP contribution in [0.2, 0.25) is 0 Å². The Morgan fingerprint density at radius 3 is 2.48 bits per heavy atom. The van der Waals surface area contributed by atoms with E-state index in [-0.39, 0.29) is 5.75 Å². The maximum Gasteiger partial charge on any atom is 0.343 e. The number of benzene rings is 3. The van der Waals surface area contributed by atoms with Gasteiger partial charge in [0.15, 0.2) is 6.29 Å². The number of unbranched alkanes of at least 4 members (excludes halogenated alkanes) is 2. The number of aldehydes is 1. The minimum atomic E-state index is -0.507. The van der Waals surface area contributed by atoms with Gasteiger partial charge in [-0.2, -0.15) is 0 Å². The Balaban J connectivity index is 1.76. The van der Waals surface area contributed by atoms with Crippen molar-refractivity contribution in [2.45, 2.75) is 26.2 Å². The topological polar surface area (TPSA) is 52.6 Å². The average molecular weight is 362 g/mol. The van der Waals surface area contributed by atoms with Gasteiger partial charge >= 0.3 is 5.97 Å². The number of hydrogen-bond acceptors (Lipinski definition) is 4. The van der Waals surface area contributed by atoms with Crippen molar-refractivity contribution in [3.05, 3.63) is 71.8 Å². The van der Waals surface area contributed by atoms with Crippen LogP contribution in [0.15, 0.2) is 60.7 Å². The molecule has 0 heterocycles. The molecule has 3 aromatic carbocycles. The molecule has 0 radical (unpaired) electrons. The smallest absolute Gasteiger partial charge is 0.343 e. The van der Waals surface area contributed by atoms with Gasteiger partial charge in [0.25, 0.3) is 0 Å². The molecule has 0 bridgehead atoms. The third-order valence-electron chi connectivity index (χ3n) is 4.34. The van der Waals surface area contributed by atoms with E-state index in [1.165, 1.54) is 0 Å². The van der Waals surface area contributed by atoms with Gasteiger partial charge in [-0.25, -0.2) is 4.79 Å². The lowest BCUT2D eigenvalue weighted by Crippen LogP contribution is -2.10. The van der Waals surface area contributed by atoms with Crippen molar-refractivity contribution >= 4 is 23.0 Å². The zero-order valence-electron chi connectivity index (χ0n) is 15.3. The molecule has 0 fully saturated rings. The number of hydrogen-bond donors (Lipinski definition) is 0. The average Bonchev–Trinajstić information content (AvgIpc) is 2.72. The first kappa shape index (κ1) is 18.6. The summed E-state index contributed by atoms with van der Waals surface area (Å²) in [5, 5.41) is 1.63. The van der Waals surface area contributed by atoms with Crippen molar-refractivity contribution in [1.29, 1.82) is 0 Å². The summed E-state index contributed by atoms with van der Waals surface area (Å²) >= 11 is 0. The van der Waals surface area contributed by atoms with E-state index in [0.29, 0.717) is 24.0 Å². The summed E-state index contributed by atoms with van der Waals surface area (Å²) in [5.41, 5.74) is 0.749. The van der Waals surface area contributed by atoms with Crippen molar-refractivity contribution in [1.82, 2.24) is 0 Å². The van der Waals surface area contributed by atoms with E-state index in [1.807, 2.05) is 30.3 Å². The monoisotopic (exact) mass is 362 g/mol. The highest BCUT2D eigenvalue weighted by atomic mass is 16.5. The summed E-state index contributed by atoms with van der Waals surface area (Å²) in [6.45, 7) is 2.81. The molecule has 0 spiro atoms. The van der Waals surface area contributed by atoms with Crippen LogP contribution >= 0.6 is 0 Å². The number of ether oxygens (including phenoxy) is 2. The summed E-state index contributed by atoms with van der Waals surface area (Å²) in [4.78, 5) is 23.9. The first-order chi connectivity index (χ1) is 13.2. The van der Waals surface area contributed by atoms with Crippen LogP contribution < -0.4 is 9.47 Å². The molecule has 0 atom stereocenters. The highest BCUT2D eigenvalue weighted by Gasteiger charge is 2.15. The fraction of sp³-hybridized carbons (Fsp3) is 0.217. The largest absolute Gasteiger partial charge is 0.494 e. The number of esters is 1. The lowest BCUT2D eigenvalue weighted by Gasteiger charge is -2.11. The lowest BCUT2D eigenvalue weighted by molar-refractivity contribution is 0.0736. The third kappa shape index (κ3) is 4.53. The number of carbonyl (C=O) groups is 2. The quantitative estimate of drug-likeness (QED) is 0.232. The predicted molar refractivity (Wildman–Crippen MR) is 106 cm³/mol. The normalized spacial score (nSPS) is 10.6. The van der Waals surface area contributed by atoms with Crippen molar-refractivity contribution in [3.63, 3.8) is 0 Å². The fourth-order valence-electron chi connectivity index (χ4n) is 2.85. The Morgan fingerprint density at radius 2 is 1.74 bits per heavy atom. The van der Waals surface area contributed by atoms with Gasteiger partial charge in [0.1, 0.15) is 11.5 Å². The molecule has 27 heavy (non-hydrogen) atoms. The summed E-state index contributed by atoms with van der Waals surface area (Å²) in [5.74, 6) is 0.501. The molecule has 3 rings (SSSR count). The Kier molecular flexibility index (Phi) is 6.21. The summed E-state index contributed by atoms with van der Waals surface area (Å²) < 4.78 is 11.2. The molecule has 0 amide bonds. The van der Waals surface area contributed by atoms with Crippen LogP contribution in [0.1, 0.15) is 46.9 Å². The van der Waals surface area contributed by atoms with Crippen molar-refractivity contribution in [2.75, 3.05) is 6.61 Å². The zero-order chi connectivity index (χ0) is 19.1. The van der Waals surface area contributed by atoms with Gasteiger partial charge in [-0.1, -0.05) is 50.1 Å². The zero-order valence-corrected chi connectivity index (χ0v) is 15.3. The fourth-order valence-corrected chi connectivity index (χ4v) is 2.85. The maximum atomic E-state index is 12.6. The first-order valence-corrected chi connectivity index (χ1v) is 9.15. The van der Waals surface area contributed by atoms with Gasteiger partial charge in [0.05, 0.1) is 17.7 Å². The number of fused-ring (bicyclic) bond motifs is 1. The van der Waals surface area contributed by atoms with E-state index in [4.69, 9.17) is 9.47 Å². The van der Waals surface area contributed by atoms with Crippen molar-refractivity contribution in [2.24, 2.45) is 0 Å². The van der Waals surface area contributed by atoms with Gasteiger partial charge in [0.2, 0.25) is 0 Å². The van der Waals surface area contributed by atoms with Gasteiger partial charge in [-0.3, -0.25) is 4.79 Å². The molecule has 0 saturated heterocycles. The first-order valence-electron chi connectivity index (χ1n) is 9.15. The number of rotatable bonds is 8. The van der Waals surface area contributed by atoms with Gasteiger partial charge < -0.3 is 9.47 Å². The molecule has 0 aromatic heterocycles. The van der Waals surface area contributed by atoms with E-state index in [2.05, 4.69) is 6.92 Å². The van der Waals surface area contributed by atoms with E-state index in [1.54, 1.807) is 30.3 Å². The van der Waals surface area contributed by atoms with Crippen LogP contribution in [0.4, 0.5) is 0 Å². The molecule has 0 aliphatic carbocycles. The van der Waals surface area contributed by atoms with E-state index in [9.17, 15) is 9.59 Å². The molecular formula is C23H22O4. The molecule has 0 saturated carbocycles. The van der Waals surface area contributed by atoms with E-state index < -0.39 is 5.97 Å². The molecule has 0 aliphatic rings. The second-order valence-corrected chi connectivity index (χ2v) is 6.29. The molecule has 4 nitrogen and oxygen atoms in total. The molecule has 138 valence electrons. The van der Waals surface area contributed by atoms with Gasteiger partial charge in [-0.15, -0.1) is 0 Å². The van der Waals surface area contributed by atoms with Crippen LogP contribution in [0.3, 0.4) is 0 Å². The maximum absolute atomic E-state index is 12.6. The van der Waals surface area contributed by atoms with Gasteiger partial charge in [0, 0.05) is 5.39 Å².